The predicted molar refractivity (Wildman–Crippen MR) is 158 cm³/mol. The number of benzene rings is 3. The molecule has 0 saturated carbocycles. The van der Waals surface area contributed by atoms with E-state index in [0.717, 1.165) is 16.9 Å². The Kier molecular flexibility index (Phi) is 7.29. The van der Waals surface area contributed by atoms with Crippen molar-refractivity contribution in [1.29, 1.82) is 0 Å². The Labute approximate surface area is 239 Å². The minimum Gasteiger partial charge on any atom is -0.497 e. The summed E-state index contributed by atoms with van der Waals surface area (Å²) in [5.41, 5.74) is 2.85. The van der Waals surface area contributed by atoms with Gasteiger partial charge in [0.25, 0.3) is 5.91 Å². The lowest BCUT2D eigenvalue weighted by Crippen LogP contribution is -2.53. The lowest BCUT2D eigenvalue weighted by atomic mass is 9.78. The number of fused-ring (bicyclic) bond motifs is 1. The summed E-state index contributed by atoms with van der Waals surface area (Å²) in [5.74, 6) is 1.58. The maximum atomic E-state index is 14.6. The number of anilines is 2. The number of methoxy groups -OCH3 is 2. The molecule has 6 rings (SSSR count). The van der Waals surface area contributed by atoms with Crippen LogP contribution >= 0.6 is 0 Å². The van der Waals surface area contributed by atoms with E-state index in [9.17, 15) is 9.59 Å². The van der Waals surface area contributed by atoms with Gasteiger partial charge in [-0.3, -0.25) is 14.5 Å². The molecule has 0 bridgehead atoms. The van der Waals surface area contributed by atoms with Gasteiger partial charge in [0.2, 0.25) is 5.91 Å². The molecular formula is C33H32N4O4. The molecule has 2 aliphatic heterocycles. The average Bonchev–Trinajstić information content (AvgIpc) is 3.05. The molecule has 2 aliphatic rings. The fraction of sp³-hybridized carbons (Fsp3) is 0.242. The number of amides is 2. The zero-order valence-electron chi connectivity index (χ0n) is 23.1. The third-order valence-electron chi connectivity index (χ3n) is 7.98. The van der Waals surface area contributed by atoms with Gasteiger partial charge in [0.05, 0.1) is 26.2 Å². The molecule has 2 amide bonds. The first-order valence-electron chi connectivity index (χ1n) is 13.7. The van der Waals surface area contributed by atoms with E-state index >= 15 is 0 Å². The molecule has 0 radical (unpaired) electrons. The first-order valence-corrected chi connectivity index (χ1v) is 13.7. The fourth-order valence-electron chi connectivity index (χ4n) is 5.86. The van der Waals surface area contributed by atoms with E-state index in [0.29, 0.717) is 48.9 Å². The molecule has 1 saturated heterocycles. The molecule has 41 heavy (non-hydrogen) atoms. The lowest BCUT2D eigenvalue weighted by Gasteiger charge is -2.44. The van der Waals surface area contributed by atoms with E-state index < -0.39 is 12.0 Å². The molecule has 0 unspecified atom stereocenters. The number of aromatic nitrogens is 1. The van der Waals surface area contributed by atoms with Gasteiger partial charge in [-0.15, -0.1) is 0 Å². The second kappa shape index (κ2) is 11.3. The first-order chi connectivity index (χ1) is 20.1. The van der Waals surface area contributed by atoms with Crippen LogP contribution < -0.4 is 19.3 Å². The van der Waals surface area contributed by atoms with Crippen LogP contribution in [-0.2, 0) is 4.79 Å². The van der Waals surface area contributed by atoms with Gasteiger partial charge in [-0.25, -0.2) is 4.98 Å². The van der Waals surface area contributed by atoms with Crippen molar-refractivity contribution < 1.29 is 19.1 Å². The summed E-state index contributed by atoms with van der Waals surface area (Å²) in [6, 6.07) is 27.9. The molecular weight excluding hydrogens is 516 g/mol. The Bertz CT molecular complexity index is 1520. The number of ether oxygens (including phenoxy) is 2. The molecule has 1 aromatic heterocycles. The van der Waals surface area contributed by atoms with Gasteiger partial charge in [0, 0.05) is 43.6 Å². The Balaban J connectivity index is 1.41. The monoisotopic (exact) mass is 548 g/mol. The van der Waals surface area contributed by atoms with Crippen LogP contribution in [0.5, 0.6) is 11.5 Å². The summed E-state index contributed by atoms with van der Waals surface area (Å²) in [6.45, 7) is 2.51. The van der Waals surface area contributed by atoms with Crippen LogP contribution in [0.4, 0.5) is 11.5 Å². The van der Waals surface area contributed by atoms with E-state index in [1.807, 2.05) is 95.9 Å². The van der Waals surface area contributed by atoms with Gasteiger partial charge >= 0.3 is 0 Å². The fourth-order valence-corrected chi connectivity index (χ4v) is 5.86. The van der Waals surface area contributed by atoms with Crippen LogP contribution in [0.1, 0.15) is 33.4 Å². The van der Waals surface area contributed by atoms with Gasteiger partial charge in [0.1, 0.15) is 17.3 Å². The number of carbonyl (C=O) groups is 2. The Morgan fingerprint density at radius 3 is 2.05 bits per heavy atom. The highest BCUT2D eigenvalue weighted by atomic mass is 16.5. The number of nitrogens with zero attached hydrogens (tertiary/aromatic N) is 4. The number of pyridine rings is 1. The topological polar surface area (TPSA) is 75.2 Å². The minimum atomic E-state index is -0.596. The highest BCUT2D eigenvalue weighted by Gasteiger charge is 2.46. The van der Waals surface area contributed by atoms with Crippen molar-refractivity contribution in [3.63, 3.8) is 0 Å². The first kappa shape index (κ1) is 26.4. The molecule has 0 spiro atoms. The van der Waals surface area contributed by atoms with Crippen molar-refractivity contribution in [3.8, 4) is 11.5 Å². The second-order valence-corrected chi connectivity index (χ2v) is 10.2. The number of hydrogen-bond acceptors (Lipinski definition) is 6. The normalized spacial score (nSPS) is 18.6. The third kappa shape index (κ3) is 4.97. The molecule has 8 heteroatoms. The van der Waals surface area contributed by atoms with Crippen molar-refractivity contribution in [1.82, 2.24) is 9.88 Å². The third-order valence-corrected chi connectivity index (χ3v) is 7.98. The average molecular weight is 549 g/mol. The molecule has 3 aromatic carbocycles. The number of carbonyl (C=O) groups excluding carboxylic acids is 2. The molecule has 3 heterocycles. The van der Waals surface area contributed by atoms with Crippen LogP contribution in [-0.4, -0.2) is 62.1 Å². The Morgan fingerprint density at radius 2 is 1.41 bits per heavy atom. The van der Waals surface area contributed by atoms with Crippen molar-refractivity contribution >= 4 is 23.3 Å². The lowest BCUT2D eigenvalue weighted by molar-refractivity contribution is -0.133. The summed E-state index contributed by atoms with van der Waals surface area (Å²) in [5, 5.41) is 0. The minimum absolute atomic E-state index is 0.00458. The van der Waals surface area contributed by atoms with Crippen molar-refractivity contribution in [2.45, 2.75) is 12.0 Å². The maximum absolute atomic E-state index is 14.6. The van der Waals surface area contributed by atoms with Crippen LogP contribution in [0.2, 0.25) is 0 Å². The SMILES string of the molecule is COc1ccc([C@@H]2[C@@H](C(=O)N3CCN(c4ccccn4)CC3)c3ccccc3C(=O)N2c2ccc(OC)cc2)cc1. The summed E-state index contributed by atoms with van der Waals surface area (Å²) < 4.78 is 10.8. The summed E-state index contributed by atoms with van der Waals surface area (Å²) >= 11 is 0. The highest BCUT2D eigenvalue weighted by molar-refractivity contribution is 6.11. The van der Waals surface area contributed by atoms with E-state index in [2.05, 4.69) is 9.88 Å². The maximum Gasteiger partial charge on any atom is 0.259 e. The zero-order valence-corrected chi connectivity index (χ0v) is 23.1. The second-order valence-electron chi connectivity index (χ2n) is 10.2. The van der Waals surface area contributed by atoms with Crippen LogP contribution in [0.25, 0.3) is 0 Å². The van der Waals surface area contributed by atoms with E-state index in [1.165, 1.54) is 0 Å². The predicted octanol–water partition coefficient (Wildman–Crippen LogP) is 4.93. The molecule has 0 N–H and O–H groups in total. The van der Waals surface area contributed by atoms with E-state index in [4.69, 9.17) is 9.47 Å². The van der Waals surface area contributed by atoms with Crippen molar-refractivity contribution in [3.05, 3.63) is 114 Å². The molecule has 1 fully saturated rings. The summed E-state index contributed by atoms with van der Waals surface area (Å²) in [7, 11) is 3.23. The zero-order chi connectivity index (χ0) is 28.3. The number of rotatable bonds is 6. The van der Waals surface area contributed by atoms with Gasteiger partial charge < -0.3 is 19.3 Å². The largest absolute Gasteiger partial charge is 0.497 e. The highest BCUT2D eigenvalue weighted by Crippen LogP contribution is 2.46. The Hall–Kier alpha value is -4.85. The van der Waals surface area contributed by atoms with Crippen molar-refractivity contribution in [2.75, 3.05) is 50.2 Å². The van der Waals surface area contributed by atoms with Gasteiger partial charge in [0.15, 0.2) is 0 Å². The summed E-state index contributed by atoms with van der Waals surface area (Å²) in [4.78, 5) is 39.1. The van der Waals surface area contributed by atoms with Crippen LogP contribution in [0.15, 0.2) is 97.2 Å². The van der Waals surface area contributed by atoms with Gasteiger partial charge in [-0.05, 0) is 65.7 Å². The molecule has 2 atom stereocenters. The quantitative estimate of drug-likeness (QED) is 0.340. The molecule has 8 nitrogen and oxygen atoms in total. The molecule has 4 aromatic rings. The number of hydrogen-bond donors (Lipinski definition) is 0. The number of piperazine rings is 1. The smallest absolute Gasteiger partial charge is 0.259 e. The van der Waals surface area contributed by atoms with Crippen LogP contribution in [0, 0.1) is 0 Å². The van der Waals surface area contributed by atoms with Crippen molar-refractivity contribution in [2.24, 2.45) is 0 Å². The van der Waals surface area contributed by atoms with Crippen LogP contribution in [0.3, 0.4) is 0 Å². The van der Waals surface area contributed by atoms with Gasteiger partial charge in [-0.2, -0.15) is 0 Å². The summed E-state index contributed by atoms with van der Waals surface area (Å²) in [6.07, 6.45) is 1.79. The Morgan fingerprint density at radius 1 is 0.780 bits per heavy atom. The molecule has 0 aliphatic carbocycles. The van der Waals surface area contributed by atoms with E-state index in [-0.39, 0.29) is 11.8 Å². The standard InChI is InChI=1S/C33H32N4O4/c1-40-25-14-10-23(11-15-25)31-30(33(39)36-21-19-35(20-22-36)29-9-5-6-18-34-29)27-7-3-4-8-28(27)32(38)37(31)24-12-16-26(41-2)17-13-24/h3-18,30-31H,19-22H2,1-2H3/t30-,31+/m0/s1. The van der Waals surface area contributed by atoms with Gasteiger partial charge in [-0.1, -0.05) is 36.4 Å². The van der Waals surface area contributed by atoms with E-state index in [1.54, 1.807) is 25.3 Å². The molecule has 208 valence electrons.